The molecule has 2 unspecified atom stereocenters. The number of carbonyl (C=O) groups excluding carboxylic acids is 1. The van der Waals surface area contributed by atoms with Crippen LogP contribution in [-0.4, -0.2) is 28.5 Å². The zero-order valence-corrected chi connectivity index (χ0v) is 17.2. The molecule has 7 nitrogen and oxygen atoms in total. The van der Waals surface area contributed by atoms with Gasteiger partial charge in [-0.1, -0.05) is 18.2 Å². The number of benzene rings is 2. The number of hydrazone groups is 1. The number of nitrogens with zero attached hydrogens (tertiary/aromatic N) is 3. The molecule has 0 saturated carbocycles. The second kappa shape index (κ2) is 7.74. The zero-order chi connectivity index (χ0) is 21.4. The van der Waals surface area contributed by atoms with Crippen molar-refractivity contribution in [3.8, 4) is 5.75 Å². The van der Waals surface area contributed by atoms with Gasteiger partial charge in [-0.15, -0.1) is 0 Å². The van der Waals surface area contributed by atoms with Gasteiger partial charge in [-0.25, -0.2) is 0 Å². The van der Waals surface area contributed by atoms with Crippen LogP contribution in [-0.2, 0) is 11.2 Å². The van der Waals surface area contributed by atoms with Gasteiger partial charge in [0.2, 0.25) is 0 Å². The molecule has 0 bridgehead atoms. The monoisotopic (exact) mass is 405 g/mol. The maximum Gasteiger partial charge on any atom is 0.269 e. The molecule has 2 aromatic rings. The van der Waals surface area contributed by atoms with Crippen molar-refractivity contribution in [2.24, 2.45) is 11.0 Å². The lowest BCUT2D eigenvalue weighted by Crippen LogP contribution is -2.28. The van der Waals surface area contributed by atoms with Crippen molar-refractivity contribution in [3.05, 3.63) is 81.0 Å². The highest BCUT2D eigenvalue weighted by molar-refractivity contribution is 6.06. The topological polar surface area (TPSA) is 85.0 Å². The quantitative estimate of drug-likeness (QED) is 0.418. The van der Waals surface area contributed by atoms with Crippen LogP contribution in [0.4, 0.5) is 5.69 Å². The largest absolute Gasteiger partial charge is 0.497 e. The van der Waals surface area contributed by atoms with Crippen molar-refractivity contribution >= 4 is 17.2 Å². The van der Waals surface area contributed by atoms with Crippen LogP contribution in [0.15, 0.2) is 59.3 Å². The van der Waals surface area contributed by atoms with Crippen molar-refractivity contribution in [3.63, 3.8) is 0 Å². The Morgan fingerprint density at radius 1 is 1.23 bits per heavy atom. The average molecular weight is 405 g/mol. The number of non-ortho nitro benzene ring substituents is 1. The van der Waals surface area contributed by atoms with Gasteiger partial charge >= 0.3 is 0 Å². The van der Waals surface area contributed by atoms with E-state index in [0.29, 0.717) is 0 Å². The molecule has 2 aliphatic rings. The standard InChI is InChI=1S/C23H23N3O4/c1-14(12-15(2)27)25-23(17-4-8-18(9-5-17)26(28)29)20-11-7-16-6-10-19(30-3)13-21(16)22(20)24-25/h4-6,8-10,12-13,20,23H,7,11H2,1-3H3. The third-order valence-electron chi connectivity index (χ3n) is 5.75. The Labute approximate surface area is 174 Å². The van der Waals surface area contributed by atoms with Crippen LogP contribution in [0, 0.1) is 16.0 Å². The summed E-state index contributed by atoms with van der Waals surface area (Å²) >= 11 is 0. The van der Waals surface area contributed by atoms with Crippen molar-refractivity contribution in [1.29, 1.82) is 0 Å². The highest BCUT2D eigenvalue weighted by Gasteiger charge is 2.42. The number of nitro groups is 1. The third kappa shape index (κ3) is 3.47. The lowest BCUT2D eigenvalue weighted by Gasteiger charge is -2.31. The summed E-state index contributed by atoms with van der Waals surface area (Å²) in [5.74, 6) is 0.840. The third-order valence-corrected chi connectivity index (χ3v) is 5.75. The number of methoxy groups -OCH3 is 1. The van der Waals surface area contributed by atoms with E-state index in [1.54, 1.807) is 25.3 Å². The Bertz CT molecular complexity index is 1070. The number of hydrogen-bond donors (Lipinski definition) is 0. The number of nitro benzene ring substituents is 1. The van der Waals surface area contributed by atoms with E-state index in [4.69, 9.17) is 9.84 Å². The minimum atomic E-state index is -0.401. The molecule has 1 aliphatic carbocycles. The average Bonchev–Trinajstić information content (AvgIpc) is 3.13. The highest BCUT2D eigenvalue weighted by Crippen LogP contribution is 2.45. The van der Waals surface area contributed by atoms with Crippen LogP contribution in [0.5, 0.6) is 5.75 Å². The van der Waals surface area contributed by atoms with Gasteiger partial charge in [0.25, 0.3) is 5.69 Å². The van der Waals surface area contributed by atoms with E-state index in [9.17, 15) is 14.9 Å². The Balaban J connectivity index is 1.81. The summed E-state index contributed by atoms with van der Waals surface area (Å²) in [5.41, 5.74) is 5.00. The molecule has 0 aromatic heterocycles. The number of ketones is 1. The number of hydrogen-bond acceptors (Lipinski definition) is 6. The van der Waals surface area contributed by atoms with E-state index in [0.717, 1.165) is 41.1 Å². The van der Waals surface area contributed by atoms with Crippen LogP contribution in [0.3, 0.4) is 0 Å². The fourth-order valence-electron chi connectivity index (χ4n) is 4.40. The number of allylic oxidation sites excluding steroid dienone is 2. The molecule has 7 heteroatoms. The van der Waals surface area contributed by atoms with Crippen molar-refractivity contribution < 1.29 is 14.5 Å². The van der Waals surface area contributed by atoms with Crippen molar-refractivity contribution in [2.45, 2.75) is 32.7 Å². The second-order valence-corrected chi connectivity index (χ2v) is 7.69. The van der Waals surface area contributed by atoms with E-state index in [-0.39, 0.29) is 23.4 Å². The number of ether oxygens (including phenoxy) is 1. The summed E-state index contributed by atoms with van der Waals surface area (Å²) in [6.07, 6.45) is 3.39. The highest BCUT2D eigenvalue weighted by atomic mass is 16.6. The molecular formula is C23H23N3O4. The molecule has 30 heavy (non-hydrogen) atoms. The Morgan fingerprint density at radius 3 is 2.60 bits per heavy atom. The molecule has 4 rings (SSSR count). The summed E-state index contributed by atoms with van der Waals surface area (Å²) in [7, 11) is 1.64. The molecule has 0 saturated heterocycles. The molecular weight excluding hydrogens is 382 g/mol. The van der Waals surface area contributed by atoms with E-state index in [1.165, 1.54) is 24.6 Å². The van der Waals surface area contributed by atoms with E-state index in [1.807, 2.05) is 24.1 Å². The minimum absolute atomic E-state index is 0.0490. The molecule has 2 atom stereocenters. The zero-order valence-electron chi connectivity index (χ0n) is 17.2. The predicted molar refractivity (Wildman–Crippen MR) is 113 cm³/mol. The lowest BCUT2D eigenvalue weighted by molar-refractivity contribution is -0.384. The summed E-state index contributed by atoms with van der Waals surface area (Å²) in [5, 5.41) is 17.9. The number of carbonyl (C=O) groups is 1. The number of fused-ring (bicyclic) bond motifs is 3. The molecule has 0 amide bonds. The molecule has 0 spiro atoms. The van der Waals surface area contributed by atoms with Gasteiger partial charge in [-0.2, -0.15) is 5.10 Å². The van der Waals surface area contributed by atoms with Gasteiger partial charge in [0.15, 0.2) is 5.78 Å². The van der Waals surface area contributed by atoms with Crippen molar-refractivity contribution in [2.75, 3.05) is 7.11 Å². The molecule has 154 valence electrons. The fourth-order valence-corrected chi connectivity index (χ4v) is 4.40. The van der Waals surface area contributed by atoms with Crippen LogP contribution in [0.2, 0.25) is 0 Å². The van der Waals surface area contributed by atoms with Crippen LogP contribution in [0.1, 0.15) is 43.0 Å². The molecule has 2 aromatic carbocycles. The van der Waals surface area contributed by atoms with Gasteiger partial charge in [0, 0.05) is 35.4 Å². The maximum atomic E-state index is 11.7. The van der Waals surface area contributed by atoms with Gasteiger partial charge in [-0.3, -0.25) is 19.9 Å². The minimum Gasteiger partial charge on any atom is -0.497 e. The fraction of sp³-hybridized carbons (Fsp3) is 0.304. The van der Waals surface area contributed by atoms with E-state index < -0.39 is 4.92 Å². The summed E-state index contributed by atoms with van der Waals surface area (Å²) in [4.78, 5) is 22.4. The van der Waals surface area contributed by atoms with Gasteiger partial charge in [0.05, 0.1) is 23.8 Å². The van der Waals surface area contributed by atoms with Gasteiger partial charge in [-0.05, 0) is 49.9 Å². The van der Waals surface area contributed by atoms with E-state index >= 15 is 0 Å². The number of rotatable bonds is 5. The molecule has 1 aliphatic heterocycles. The normalized spacial score (nSPS) is 20.3. The second-order valence-electron chi connectivity index (χ2n) is 7.69. The first kappa shape index (κ1) is 19.8. The van der Waals surface area contributed by atoms with Crippen LogP contribution in [0.25, 0.3) is 0 Å². The lowest BCUT2D eigenvalue weighted by atomic mass is 9.77. The molecule has 0 radical (unpaired) electrons. The summed E-state index contributed by atoms with van der Waals surface area (Å²) in [6.45, 7) is 3.38. The van der Waals surface area contributed by atoms with Crippen molar-refractivity contribution in [1.82, 2.24) is 5.01 Å². The predicted octanol–water partition coefficient (Wildman–Crippen LogP) is 4.42. The summed E-state index contributed by atoms with van der Waals surface area (Å²) in [6, 6.07) is 12.5. The summed E-state index contributed by atoms with van der Waals surface area (Å²) < 4.78 is 5.41. The maximum absolute atomic E-state index is 11.7. The van der Waals surface area contributed by atoms with Gasteiger partial charge in [0.1, 0.15) is 5.75 Å². The van der Waals surface area contributed by atoms with Crippen LogP contribution >= 0.6 is 0 Å². The van der Waals surface area contributed by atoms with Gasteiger partial charge < -0.3 is 4.74 Å². The Kier molecular flexibility index (Phi) is 5.11. The molecule has 0 N–H and O–H groups in total. The number of aryl methyl sites for hydroxylation is 1. The smallest absolute Gasteiger partial charge is 0.269 e. The van der Waals surface area contributed by atoms with Crippen LogP contribution < -0.4 is 4.74 Å². The first-order chi connectivity index (χ1) is 14.4. The Hall–Kier alpha value is -3.48. The van der Waals surface area contributed by atoms with E-state index in [2.05, 4.69) is 6.07 Å². The molecule has 0 fully saturated rings. The Morgan fingerprint density at radius 2 is 1.97 bits per heavy atom. The SMILES string of the molecule is COc1ccc2c(c1)C1=NN(C(C)=CC(C)=O)C(c3ccc([N+](=O)[O-])cc3)C1CC2. The molecule has 1 heterocycles. The first-order valence-corrected chi connectivity index (χ1v) is 9.87. The first-order valence-electron chi connectivity index (χ1n) is 9.87.